The molecule has 7 nitrogen and oxygen atoms in total. The maximum absolute atomic E-state index is 12.5. The molecule has 0 bridgehead atoms. The lowest BCUT2D eigenvalue weighted by atomic mass is 9.98. The maximum Gasteiger partial charge on any atom is 0.272 e. The van der Waals surface area contributed by atoms with Crippen LogP contribution in [0.3, 0.4) is 0 Å². The fraction of sp³-hybridized carbons (Fsp3) is 0.722. The highest BCUT2D eigenvalue weighted by atomic mass is 16.6. The molecule has 0 N–H and O–H groups in total. The third-order valence-electron chi connectivity index (χ3n) is 5.49. The normalized spacial score (nSPS) is 30.2. The van der Waals surface area contributed by atoms with Crippen molar-refractivity contribution in [3.05, 3.63) is 24.3 Å². The van der Waals surface area contributed by atoms with Crippen molar-refractivity contribution in [1.29, 1.82) is 0 Å². The third kappa shape index (κ3) is 3.83. The minimum absolute atomic E-state index is 0.0468. The SMILES string of the molecule is O=C(c1ccncn1)N1CC[C@]2(C[C@@H](OCC3CCOCC3)CO2)C1. The molecule has 0 unspecified atom stereocenters. The number of rotatable bonds is 4. The fourth-order valence-corrected chi connectivity index (χ4v) is 3.98. The molecule has 0 saturated carbocycles. The van der Waals surface area contributed by atoms with Crippen molar-refractivity contribution in [3.63, 3.8) is 0 Å². The predicted molar refractivity (Wildman–Crippen MR) is 89.1 cm³/mol. The van der Waals surface area contributed by atoms with Gasteiger partial charge in [0.25, 0.3) is 5.91 Å². The summed E-state index contributed by atoms with van der Waals surface area (Å²) in [4.78, 5) is 22.3. The summed E-state index contributed by atoms with van der Waals surface area (Å²) >= 11 is 0. The average Bonchev–Trinajstić information content (AvgIpc) is 3.28. The molecule has 1 spiro atoms. The second-order valence-electron chi connectivity index (χ2n) is 7.28. The zero-order valence-electron chi connectivity index (χ0n) is 14.4. The van der Waals surface area contributed by atoms with Crippen LogP contribution in [0.5, 0.6) is 0 Å². The minimum atomic E-state index is -0.247. The Balaban J connectivity index is 1.28. The van der Waals surface area contributed by atoms with Gasteiger partial charge in [-0.05, 0) is 31.2 Å². The van der Waals surface area contributed by atoms with Gasteiger partial charge in [-0.1, -0.05) is 0 Å². The van der Waals surface area contributed by atoms with E-state index in [4.69, 9.17) is 14.2 Å². The van der Waals surface area contributed by atoms with Crippen LogP contribution < -0.4 is 0 Å². The van der Waals surface area contributed by atoms with Crippen molar-refractivity contribution in [2.24, 2.45) is 5.92 Å². The Morgan fingerprint density at radius 1 is 1.40 bits per heavy atom. The summed E-state index contributed by atoms with van der Waals surface area (Å²) in [5, 5.41) is 0. The Kier molecular flexibility index (Phi) is 4.96. The molecule has 4 heterocycles. The first-order valence-electron chi connectivity index (χ1n) is 9.13. The number of amides is 1. The van der Waals surface area contributed by atoms with Gasteiger partial charge in [-0.15, -0.1) is 0 Å². The van der Waals surface area contributed by atoms with Crippen molar-refractivity contribution in [1.82, 2.24) is 14.9 Å². The second kappa shape index (κ2) is 7.35. The number of likely N-dealkylation sites (tertiary alicyclic amines) is 1. The smallest absolute Gasteiger partial charge is 0.272 e. The first-order valence-corrected chi connectivity index (χ1v) is 9.13. The highest BCUT2D eigenvalue weighted by Gasteiger charge is 2.47. The predicted octanol–water partition coefficient (Wildman–Crippen LogP) is 1.29. The van der Waals surface area contributed by atoms with Crippen LogP contribution in [0.4, 0.5) is 0 Å². The molecule has 4 rings (SSSR count). The number of ether oxygens (including phenoxy) is 3. The van der Waals surface area contributed by atoms with E-state index in [-0.39, 0.29) is 17.6 Å². The largest absolute Gasteiger partial charge is 0.381 e. The lowest BCUT2D eigenvalue weighted by Crippen LogP contribution is -2.36. The molecular formula is C18H25N3O4. The van der Waals surface area contributed by atoms with Gasteiger partial charge in [0, 0.05) is 32.4 Å². The number of nitrogens with zero attached hydrogens (tertiary/aromatic N) is 3. The Morgan fingerprint density at radius 3 is 3.08 bits per heavy atom. The zero-order chi connectivity index (χ0) is 17.1. The van der Waals surface area contributed by atoms with Crippen molar-refractivity contribution in [2.75, 3.05) is 39.5 Å². The van der Waals surface area contributed by atoms with Crippen LogP contribution in [0.15, 0.2) is 18.6 Å². The topological polar surface area (TPSA) is 73.8 Å². The number of aromatic nitrogens is 2. The van der Waals surface area contributed by atoms with Crippen molar-refractivity contribution >= 4 is 5.91 Å². The van der Waals surface area contributed by atoms with E-state index in [0.717, 1.165) is 45.5 Å². The Hall–Kier alpha value is -1.57. The molecule has 0 aromatic carbocycles. The lowest BCUT2D eigenvalue weighted by molar-refractivity contribution is -0.0186. The number of carbonyl (C=O) groups excluding carboxylic acids is 1. The van der Waals surface area contributed by atoms with E-state index in [0.29, 0.717) is 31.3 Å². The first kappa shape index (κ1) is 16.9. The summed E-state index contributed by atoms with van der Waals surface area (Å²) < 4.78 is 17.6. The summed E-state index contributed by atoms with van der Waals surface area (Å²) in [7, 11) is 0. The highest BCUT2D eigenvalue weighted by Crippen LogP contribution is 2.37. The van der Waals surface area contributed by atoms with Gasteiger partial charge in [0.1, 0.15) is 12.0 Å². The third-order valence-corrected chi connectivity index (χ3v) is 5.49. The fourth-order valence-electron chi connectivity index (χ4n) is 3.98. The molecule has 2 atom stereocenters. The molecule has 3 aliphatic rings. The van der Waals surface area contributed by atoms with Gasteiger partial charge >= 0.3 is 0 Å². The van der Waals surface area contributed by atoms with E-state index in [1.54, 1.807) is 12.3 Å². The van der Waals surface area contributed by atoms with Crippen LogP contribution in [0, 0.1) is 5.92 Å². The molecular weight excluding hydrogens is 322 g/mol. The molecule has 0 aliphatic carbocycles. The van der Waals surface area contributed by atoms with Gasteiger partial charge in [0.05, 0.1) is 31.5 Å². The summed E-state index contributed by atoms with van der Waals surface area (Å²) in [6, 6.07) is 1.66. The van der Waals surface area contributed by atoms with Gasteiger partial charge in [-0.3, -0.25) is 4.79 Å². The molecule has 1 amide bonds. The molecule has 1 aromatic heterocycles. The van der Waals surface area contributed by atoms with Crippen molar-refractivity contribution in [3.8, 4) is 0 Å². The molecule has 3 aliphatic heterocycles. The monoisotopic (exact) mass is 347 g/mol. The van der Waals surface area contributed by atoms with Crippen LogP contribution in [0.25, 0.3) is 0 Å². The molecule has 7 heteroatoms. The number of carbonyl (C=O) groups is 1. The summed E-state index contributed by atoms with van der Waals surface area (Å²) in [6.45, 7) is 4.43. The van der Waals surface area contributed by atoms with Crippen molar-refractivity contribution in [2.45, 2.75) is 37.4 Å². The van der Waals surface area contributed by atoms with E-state index in [1.165, 1.54) is 6.33 Å². The Labute approximate surface area is 147 Å². The van der Waals surface area contributed by atoms with Crippen LogP contribution in [-0.4, -0.2) is 72.0 Å². The first-order chi connectivity index (χ1) is 12.2. The number of hydrogen-bond acceptors (Lipinski definition) is 6. The molecule has 136 valence electrons. The van der Waals surface area contributed by atoms with Crippen LogP contribution in [-0.2, 0) is 14.2 Å². The lowest BCUT2D eigenvalue weighted by Gasteiger charge is -2.24. The summed E-state index contributed by atoms with van der Waals surface area (Å²) in [5.74, 6) is 0.555. The second-order valence-corrected chi connectivity index (χ2v) is 7.28. The van der Waals surface area contributed by atoms with Gasteiger partial charge in [0.2, 0.25) is 0 Å². The van der Waals surface area contributed by atoms with Crippen molar-refractivity contribution < 1.29 is 19.0 Å². The highest BCUT2D eigenvalue weighted by molar-refractivity contribution is 5.92. The minimum Gasteiger partial charge on any atom is -0.381 e. The zero-order valence-corrected chi connectivity index (χ0v) is 14.4. The van der Waals surface area contributed by atoms with Gasteiger partial charge in [0.15, 0.2) is 0 Å². The van der Waals surface area contributed by atoms with E-state index >= 15 is 0 Å². The summed E-state index contributed by atoms with van der Waals surface area (Å²) in [5.41, 5.74) is 0.195. The number of hydrogen-bond donors (Lipinski definition) is 0. The van der Waals surface area contributed by atoms with Gasteiger partial charge in [-0.25, -0.2) is 9.97 Å². The molecule has 25 heavy (non-hydrogen) atoms. The molecule has 3 fully saturated rings. The standard InChI is InChI=1S/C18H25N3O4/c22-17(16-1-5-19-13-20-16)21-6-4-18(12-21)9-15(11-25-18)24-10-14-2-7-23-8-3-14/h1,5,13-15H,2-4,6-12H2/t15-,18+/m1/s1. The molecule has 1 aromatic rings. The van der Waals surface area contributed by atoms with E-state index in [1.807, 2.05) is 4.90 Å². The summed E-state index contributed by atoms with van der Waals surface area (Å²) in [6.07, 6.45) is 7.03. The molecule has 3 saturated heterocycles. The van der Waals surface area contributed by atoms with Crippen LogP contribution in [0.1, 0.15) is 36.2 Å². The van der Waals surface area contributed by atoms with E-state index < -0.39 is 0 Å². The maximum atomic E-state index is 12.5. The van der Waals surface area contributed by atoms with Gasteiger partial charge in [-0.2, -0.15) is 0 Å². The van der Waals surface area contributed by atoms with Crippen LogP contribution >= 0.6 is 0 Å². The molecule has 0 radical (unpaired) electrons. The van der Waals surface area contributed by atoms with E-state index in [2.05, 4.69) is 9.97 Å². The Bertz CT molecular complexity index is 593. The Morgan fingerprint density at radius 2 is 2.28 bits per heavy atom. The average molecular weight is 347 g/mol. The van der Waals surface area contributed by atoms with Gasteiger partial charge < -0.3 is 19.1 Å². The van der Waals surface area contributed by atoms with E-state index in [9.17, 15) is 4.79 Å². The van der Waals surface area contributed by atoms with Crippen LogP contribution in [0.2, 0.25) is 0 Å². The quantitative estimate of drug-likeness (QED) is 0.817.